The van der Waals surface area contributed by atoms with Crippen LogP contribution in [0.4, 0.5) is 0 Å². The molecule has 10 N–H and O–H groups in total. The number of carbonyl (C=O) groups excluding carboxylic acids is 4. The molecule has 4 amide bonds. The number of nitrogens with zero attached hydrogens (tertiary/aromatic N) is 1. The molecule has 0 aliphatic heterocycles. The first-order chi connectivity index (χ1) is 16.9. The Labute approximate surface area is 210 Å². The summed E-state index contributed by atoms with van der Waals surface area (Å²) < 4.78 is 0. The van der Waals surface area contributed by atoms with E-state index >= 15 is 0 Å². The molecule has 15 nitrogen and oxygen atoms in total. The number of hydrogen-bond donors (Lipinski definition) is 8. The summed E-state index contributed by atoms with van der Waals surface area (Å²) in [5.41, 5.74) is 11.3. The first-order valence-electron chi connectivity index (χ1n) is 10.8. The molecule has 1 rings (SSSR count). The van der Waals surface area contributed by atoms with E-state index in [0.29, 0.717) is 11.4 Å². The van der Waals surface area contributed by atoms with Crippen LogP contribution >= 0.6 is 11.8 Å². The van der Waals surface area contributed by atoms with Crippen molar-refractivity contribution >= 4 is 47.3 Å². The van der Waals surface area contributed by atoms with Crippen LogP contribution in [-0.4, -0.2) is 91.9 Å². The number of amides is 4. The molecule has 36 heavy (non-hydrogen) atoms. The molecular formula is C20H31N7O8S. The molecule has 0 saturated carbocycles. The van der Waals surface area contributed by atoms with Crippen molar-refractivity contribution in [3.05, 3.63) is 18.2 Å². The van der Waals surface area contributed by atoms with Gasteiger partial charge in [-0.2, -0.15) is 11.8 Å². The normalized spacial score (nSPS) is 14.1. The molecule has 0 radical (unpaired) electrons. The fourth-order valence-corrected chi connectivity index (χ4v) is 3.43. The van der Waals surface area contributed by atoms with E-state index in [2.05, 4.69) is 25.9 Å². The maximum Gasteiger partial charge on any atom is 0.326 e. The molecule has 1 heterocycles. The maximum atomic E-state index is 12.9. The second kappa shape index (κ2) is 15.4. The number of aromatic amines is 1. The Bertz CT molecular complexity index is 927. The summed E-state index contributed by atoms with van der Waals surface area (Å²) in [6, 6.07) is -5.31. The zero-order valence-electron chi connectivity index (χ0n) is 19.6. The first-order valence-corrected chi connectivity index (χ1v) is 12.2. The van der Waals surface area contributed by atoms with Crippen LogP contribution in [0, 0.1) is 0 Å². The highest BCUT2D eigenvalue weighted by Crippen LogP contribution is 2.06. The van der Waals surface area contributed by atoms with Gasteiger partial charge in [0.2, 0.25) is 23.6 Å². The van der Waals surface area contributed by atoms with Crippen LogP contribution in [0.5, 0.6) is 0 Å². The molecule has 1 aromatic rings. The highest BCUT2D eigenvalue weighted by molar-refractivity contribution is 7.98. The van der Waals surface area contributed by atoms with Crippen molar-refractivity contribution in [2.45, 2.75) is 56.3 Å². The van der Waals surface area contributed by atoms with Crippen molar-refractivity contribution in [2.24, 2.45) is 11.5 Å². The van der Waals surface area contributed by atoms with Crippen molar-refractivity contribution in [3.8, 4) is 0 Å². The lowest BCUT2D eigenvalue weighted by Crippen LogP contribution is -2.58. The van der Waals surface area contributed by atoms with E-state index in [-0.39, 0.29) is 19.3 Å². The molecule has 0 spiro atoms. The van der Waals surface area contributed by atoms with E-state index in [0.717, 1.165) is 0 Å². The van der Waals surface area contributed by atoms with Crippen molar-refractivity contribution < 1.29 is 39.0 Å². The van der Waals surface area contributed by atoms with Crippen LogP contribution in [0.15, 0.2) is 12.5 Å². The summed E-state index contributed by atoms with van der Waals surface area (Å²) in [5.74, 6) is -5.56. The topological polar surface area (TPSA) is 260 Å². The number of H-pyrrole nitrogens is 1. The van der Waals surface area contributed by atoms with Gasteiger partial charge < -0.3 is 42.6 Å². The predicted octanol–water partition coefficient (Wildman–Crippen LogP) is -2.69. The minimum absolute atomic E-state index is 0.109. The van der Waals surface area contributed by atoms with Crippen LogP contribution < -0.4 is 27.4 Å². The van der Waals surface area contributed by atoms with Gasteiger partial charge in [-0.15, -0.1) is 0 Å². The molecule has 0 bridgehead atoms. The SMILES string of the molecule is CSCCC(NC(=O)C(Cc1cnc[nH]1)NC(=O)C(CC(N)=O)NC(=O)C(N)CCC(=O)O)C(=O)O. The lowest BCUT2D eigenvalue weighted by Gasteiger charge is -2.24. The summed E-state index contributed by atoms with van der Waals surface area (Å²) in [6.07, 6.45) is 3.32. The Kier molecular flexibility index (Phi) is 13.0. The summed E-state index contributed by atoms with van der Waals surface area (Å²) >= 11 is 1.40. The summed E-state index contributed by atoms with van der Waals surface area (Å²) in [4.78, 5) is 78.5. The molecule has 0 fully saturated rings. The maximum absolute atomic E-state index is 12.9. The number of rotatable bonds is 17. The standard InChI is InChI=1S/C20H31N7O8S/c1-36-5-4-12(20(34)35)25-18(32)13(6-10-8-23-9-24-10)27-19(33)14(7-15(22)28)26-17(31)11(21)2-3-16(29)30/h8-9,11-14H,2-7,21H2,1H3,(H2,22,28)(H,23,24)(H,25,32)(H,26,31)(H,27,33)(H,29,30)(H,34,35). The Hall–Kier alpha value is -3.66. The Morgan fingerprint density at radius 2 is 1.61 bits per heavy atom. The van der Waals surface area contributed by atoms with Gasteiger partial charge in [0.1, 0.15) is 18.1 Å². The third kappa shape index (κ3) is 11.2. The van der Waals surface area contributed by atoms with Gasteiger partial charge in [0, 0.05) is 24.7 Å². The molecule has 4 unspecified atom stereocenters. The van der Waals surface area contributed by atoms with Crippen LogP contribution in [-0.2, 0) is 35.2 Å². The van der Waals surface area contributed by atoms with E-state index in [1.54, 1.807) is 6.26 Å². The second-order valence-electron chi connectivity index (χ2n) is 7.79. The van der Waals surface area contributed by atoms with Gasteiger partial charge in [0.25, 0.3) is 0 Å². The molecule has 0 saturated heterocycles. The number of nitrogens with one attached hydrogen (secondary N) is 4. The summed E-state index contributed by atoms with van der Waals surface area (Å²) in [7, 11) is 0. The van der Waals surface area contributed by atoms with E-state index in [4.69, 9.17) is 16.6 Å². The number of aromatic nitrogens is 2. The quantitative estimate of drug-likeness (QED) is 0.103. The van der Waals surface area contributed by atoms with Gasteiger partial charge >= 0.3 is 11.9 Å². The number of carbonyl (C=O) groups is 6. The predicted molar refractivity (Wildman–Crippen MR) is 127 cm³/mol. The van der Waals surface area contributed by atoms with E-state index in [1.165, 1.54) is 24.3 Å². The summed E-state index contributed by atoms with van der Waals surface area (Å²) in [5, 5.41) is 25.2. The molecule has 1 aromatic heterocycles. The highest BCUT2D eigenvalue weighted by atomic mass is 32.2. The summed E-state index contributed by atoms with van der Waals surface area (Å²) in [6.45, 7) is 0. The fraction of sp³-hybridized carbons (Fsp3) is 0.550. The highest BCUT2D eigenvalue weighted by Gasteiger charge is 2.31. The largest absolute Gasteiger partial charge is 0.481 e. The third-order valence-electron chi connectivity index (χ3n) is 4.88. The molecule has 200 valence electrons. The number of carboxylic acid groups (broad SMARTS) is 2. The molecule has 0 aromatic carbocycles. The van der Waals surface area contributed by atoms with Crippen LogP contribution in [0.25, 0.3) is 0 Å². The van der Waals surface area contributed by atoms with Crippen LogP contribution in [0.2, 0.25) is 0 Å². The number of thioether (sulfide) groups is 1. The number of primary amides is 1. The number of imidazole rings is 1. The monoisotopic (exact) mass is 529 g/mol. The average Bonchev–Trinajstić information content (AvgIpc) is 3.31. The minimum atomic E-state index is -1.52. The smallest absolute Gasteiger partial charge is 0.326 e. The molecule has 16 heteroatoms. The minimum Gasteiger partial charge on any atom is -0.481 e. The molecule has 4 atom stereocenters. The average molecular weight is 530 g/mol. The number of nitrogens with two attached hydrogens (primary N) is 2. The van der Waals surface area contributed by atoms with Gasteiger partial charge in [0.05, 0.1) is 18.8 Å². The lowest BCUT2D eigenvalue weighted by molar-refractivity contribution is -0.142. The Morgan fingerprint density at radius 1 is 1.00 bits per heavy atom. The molecule has 0 aliphatic carbocycles. The second-order valence-corrected chi connectivity index (χ2v) is 8.78. The van der Waals surface area contributed by atoms with Crippen molar-refractivity contribution in [1.29, 1.82) is 0 Å². The van der Waals surface area contributed by atoms with Gasteiger partial charge in [0.15, 0.2) is 0 Å². The zero-order chi connectivity index (χ0) is 27.3. The third-order valence-corrected chi connectivity index (χ3v) is 5.53. The van der Waals surface area contributed by atoms with Crippen LogP contribution in [0.3, 0.4) is 0 Å². The Balaban J connectivity index is 3.03. The number of aliphatic carboxylic acids is 2. The van der Waals surface area contributed by atoms with Crippen molar-refractivity contribution in [2.75, 3.05) is 12.0 Å². The number of hydrogen-bond acceptors (Lipinski definition) is 9. The van der Waals surface area contributed by atoms with Gasteiger partial charge in [-0.05, 0) is 24.9 Å². The van der Waals surface area contributed by atoms with Gasteiger partial charge in [-0.25, -0.2) is 9.78 Å². The first kappa shape index (κ1) is 30.4. The molecule has 0 aliphatic rings. The Morgan fingerprint density at radius 3 is 2.14 bits per heavy atom. The van der Waals surface area contributed by atoms with E-state index in [1.807, 2.05) is 0 Å². The van der Waals surface area contributed by atoms with Gasteiger partial charge in [-0.3, -0.25) is 24.0 Å². The lowest BCUT2D eigenvalue weighted by atomic mass is 10.1. The number of carboxylic acids is 2. The molecular weight excluding hydrogens is 498 g/mol. The van der Waals surface area contributed by atoms with E-state index in [9.17, 15) is 33.9 Å². The van der Waals surface area contributed by atoms with Crippen molar-refractivity contribution in [3.63, 3.8) is 0 Å². The zero-order valence-corrected chi connectivity index (χ0v) is 20.4. The van der Waals surface area contributed by atoms with Gasteiger partial charge in [-0.1, -0.05) is 0 Å². The van der Waals surface area contributed by atoms with Crippen LogP contribution in [0.1, 0.15) is 31.4 Å². The van der Waals surface area contributed by atoms with Crippen molar-refractivity contribution in [1.82, 2.24) is 25.9 Å². The van der Waals surface area contributed by atoms with E-state index < -0.39 is 72.6 Å². The fourth-order valence-electron chi connectivity index (χ4n) is 2.96.